The zero-order valence-corrected chi connectivity index (χ0v) is 13.2. The van der Waals surface area contributed by atoms with Crippen molar-refractivity contribution in [2.45, 2.75) is 26.3 Å². The van der Waals surface area contributed by atoms with Crippen molar-refractivity contribution < 1.29 is 9.59 Å². The lowest BCUT2D eigenvalue weighted by atomic mass is 9.94. The molecule has 0 saturated carbocycles. The van der Waals surface area contributed by atoms with Gasteiger partial charge in [0.2, 0.25) is 5.91 Å². The summed E-state index contributed by atoms with van der Waals surface area (Å²) in [6, 6.07) is -0.616. The van der Waals surface area contributed by atoms with E-state index in [0.717, 1.165) is 6.42 Å². The average Bonchev–Trinajstić information content (AvgIpc) is 2.98. The smallest absolute Gasteiger partial charge is 0.263 e. The average molecular weight is 314 g/mol. The SMILES string of the molecule is CC[C@H](C)C1C(=O)Nc2cncnc2N1C(=O)c1cnn(C)c1. The van der Waals surface area contributed by atoms with E-state index in [0.29, 0.717) is 17.1 Å². The van der Waals surface area contributed by atoms with E-state index in [2.05, 4.69) is 20.4 Å². The zero-order chi connectivity index (χ0) is 16.6. The van der Waals surface area contributed by atoms with Crippen LogP contribution in [0, 0.1) is 5.92 Å². The number of carbonyl (C=O) groups excluding carboxylic acids is 2. The molecule has 1 aliphatic heterocycles. The summed E-state index contributed by atoms with van der Waals surface area (Å²) in [5.41, 5.74) is 0.856. The Labute approximate surface area is 133 Å². The van der Waals surface area contributed by atoms with E-state index in [4.69, 9.17) is 0 Å². The van der Waals surface area contributed by atoms with Crippen LogP contribution in [0.1, 0.15) is 30.6 Å². The number of nitrogens with one attached hydrogen (secondary N) is 1. The molecule has 8 heteroatoms. The molecular formula is C15H18N6O2. The van der Waals surface area contributed by atoms with Gasteiger partial charge in [0.15, 0.2) is 5.82 Å². The molecule has 120 valence electrons. The quantitative estimate of drug-likeness (QED) is 0.919. The van der Waals surface area contributed by atoms with Crippen molar-refractivity contribution >= 4 is 23.3 Å². The molecule has 2 aromatic heterocycles. The molecule has 0 spiro atoms. The van der Waals surface area contributed by atoms with Crippen molar-refractivity contribution in [2.75, 3.05) is 10.2 Å². The summed E-state index contributed by atoms with van der Waals surface area (Å²) >= 11 is 0. The van der Waals surface area contributed by atoms with Gasteiger partial charge in [0.05, 0.1) is 18.0 Å². The lowest BCUT2D eigenvalue weighted by molar-refractivity contribution is -0.118. The standard InChI is InChI=1S/C15H18N6O2/c1-4-9(2)12-14(22)19-11-6-16-8-17-13(11)21(12)15(23)10-5-18-20(3)7-10/h5-9,12H,4H2,1-3H3,(H,19,22)/t9-,12?/m0/s1. The summed E-state index contributed by atoms with van der Waals surface area (Å²) in [5.74, 6) is -0.116. The molecule has 2 amide bonds. The molecule has 23 heavy (non-hydrogen) atoms. The number of aryl methyl sites for hydroxylation is 1. The molecule has 0 radical (unpaired) electrons. The van der Waals surface area contributed by atoms with Gasteiger partial charge in [0.25, 0.3) is 5.91 Å². The highest BCUT2D eigenvalue weighted by Gasteiger charge is 2.41. The van der Waals surface area contributed by atoms with Gasteiger partial charge in [0, 0.05) is 13.2 Å². The Balaban J connectivity index is 2.10. The number of rotatable bonds is 3. The third-order valence-corrected chi connectivity index (χ3v) is 4.08. The number of aromatic nitrogens is 4. The van der Waals surface area contributed by atoms with Gasteiger partial charge in [-0.25, -0.2) is 9.97 Å². The molecule has 2 aromatic rings. The van der Waals surface area contributed by atoms with E-state index in [9.17, 15) is 9.59 Å². The van der Waals surface area contributed by atoms with Crippen LogP contribution < -0.4 is 10.2 Å². The van der Waals surface area contributed by atoms with E-state index in [1.54, 1.807) is 17.9 Å². The summed E-state index contributed by atoms with van der Waals surface area (Å²) in [5, 5.41) is 6.82. The second kappa shape index (κ2) is 5.79. The second-order valence-electron chi connectivity index (χ2n) is 5.66. The Morgan fingerprint density at radius 2 is 2.22 bits per heavy atom. The van der Waals surface area contributed by atoms with Crippen molar-refractivity contribution in [2.24, 2.45) is 13.0 Å². The maximum absolute atomic E-state index is 13.0. The molecule has 0 saturated heterocycles. The van der Waals surface area contributed by atoms with Crippen LogP contribution in [-0.4, -0.2) is 37.6 Å². The van der Waals surface area contributed by atoms with Crippen LogP contribution in [0.4, 0.5) is 11.5 Å². The number of amides is 2. The summed E-state index contributed by atoms with van der Waals surface area (Å²) in [6.07, 6.45) is 6.74. The molecule has 0 bridgehead atoms. The fourth-order valence-corrected chi connectivity index (χ4v) is 2.69. The van der Waals surface area contributed by atoms with Gasteiger partial charge in [-0.1, -0.05) is 20.3 Å². The predicted octanol–water partition coefficient (Wildman–Crippen LogP) is 1.22. The van der Waals surface area contributed by atoms with Crippen molar-refractivity contribution in [3.8, 4) is 0 Å². The molecule has 0 aromatic carbocycles. The lowest BCUT2D eigenvalue weighted by Crippen LogP contribution is -2.54. The Bertz CT molecular complexity index is 756. The minimum absolute atomic E-state index is 0.0151. The minimum atomic E-state index is -0.616. The Morgan fingerprint density at radius 3 is 2.87 bits per heavy atom. The van der Waals surface area contributed by atoms with Crippen LogP contribution in [0.2, 0.25) is 0 Å². The summed E-state index contributed by atoms with van der Waals surface area (Å²) in [6.45, 7) is 3.93. The number of anilines is 2. The molecule has 0 aliphatic carbocycles. The third kappa shape index (κ3) is 2.56. The fraction of sp³-hybridized carbons (Fsp3) is 0.400. The molecule has 2 atom stereocenters. The largest absolute Gasteiger partial charge is 0.320 e. The number of carbonyl (C=O) groups is 2. The van der Waals surface area contributed by atoms with Crippen molar-refractivity contribution in [1.29, 1.82) is 0 Å². The van der Waals surface area contributed by atoms with Crippen molar-refractivity contribution in [3.63, 3.8) is 0 Å². The van der Waals surface area contributed by atoms with Gasteiger partial charge in [-0.3, -0.25) is 19.2 Å². The number of hydrogen-bond donors (Lipinski definition) is 1. The van der Waals surface area contributed by atoms with Gasteiger partial charge in [0.1, 0.15) is 18.1 Å². The highest BCUT2D eigenvalue weighted by Crippen LogP contribution is 2.33. The van der Waals surface area contributed by atoms with Crippen LogP contribution in [0.25, 0.3) is 0 Å². The van der Waals surface area contributed by atoms with Crippen LogP contribution in [0.3, 0.4) is 0 Å². The highest BCUT2D eigenvalue weighted by atomic mass is 16.2. The van der Waals surface area contributed by atoms with Gasteiger partial charge in [-0.2, -0.15) is 5.10 Å². The summed E-state index contributed by atoms with van der Waals surface area (Å²) < 4.78 is 1.55. The zero-order valence-electron chi connectivity index (χ0n) is 13.2. The summed E-state index contributed by atoms with van der Waals surface area (Å²) in [7, 11) is 1.74. The third-order valence-electron chi connectivity index (χ3n) is 4.08. The van der Waals surface area contributed by atoms with E-state index >= 15 is 0 Å². The van der Waals surface area contributed by atoms with E-state index < -0.39 is 6.04 Å². The van der Waals surface area contributed by atoms with Crippen molar-refractivity contribution in [3.05, 3.63) is 30.5 Å². The van der Waals surface area contributed by atoms with Crippen LogP contribution in [0.15, 0.2) is 24.9 Å². The van der Waals surface area contributed by atoms with Gasteiger partial charge in [-0.15, -0.1) is 0 Å². The number of fused-ring (bicyclic) bond motifs is 1. The van der Waals surface area contributed by atoms with Crippen LogP contribution in [0.5, 0.6) is 0 Å². The molecule has 1 N–H and O–H groups in total. The Kier molecular flexibility index (Phi) is 3.81. The molecular weight excluding hydrogens is 296 g/mol. The first-order valence-corrected chi connectivity index (χ1v) is 7.46. The van der Waals surface area contributed by atoms with E-state index in [-0.39, 0.29) is 17.7 Å². The van der Waals surface area contributed by atoms with Crippen LogP contribution >= 0.6 is 0 Å². The molecule has 1 aliphatic rings. The Morgan fingerprint density at radius 1 is 1.43 bits per heavy atom. The molecule has 3 heterocycles. The summed E-state index contributed by atoms with van der Waals surface area (Å²) in [4.78, 5) is 35.1. The number of nitrogens with zero attached hydrogens (tertiary/aromatic N) is 5. The molecule has 3 rings (SSSR count). The van der Waals surface area contributed by atoms with E-state index in [1.165, 1.54) is 23.6 Å². The van der Waals surface area contributed by atoms with Gasteiger partial charge in [-0.05, 0) is 5.92 Å². The predicted molar refractivity (Wildman–Crippen MR) is 83.9 cm³/mol. The topological polar surface area (TPSA) is 93.0 Å². The maximum Gasteiger partial charge on any atom is 0.263 e. The fourth-order valence-electron chi connectivity index (χ4n) is 2.69. The minimum Gasteiger partial charge on any atom is -0.320 e. The first kappa shape index (κ1) is 15.1. The van der Waals surface area contributed by atoms with Gasteiger partial charge < -0.3 is 5.32 Å². The second-order valence-corrected chi connectivity index (χ2v) is 5.66. The lowest BCUT2D eigenvalue weighted by Gasteiger charge is -2.37. The Hall–Kier alpha value is -2.77. The molecule has 8 nitrogen and oxygen atoms in total. The van der Waals surface area contributed by atoms with Gasteiger partial charge >= 0.3 is 0 Å². The first-order valence-electron chi connectivity index (χ1n) is 7.46. The van der Waals surface area contributed by atoms with Crippen LogP contribution in [-0.2, 0) is 11.8 Å². The molecule has 1 unspecified atom stereocenters. The first-order chi connectivity index (χ1) is 11.0. The highest BCUT2D eigenvalue weighted by molar-refractivity contribution is 6.15. The van der Waals surface area contributed by atoms with Crippen molar-refractivity contribution in [1.82, 2.24) is 19.7 Å². The molecule has 0 fully saturated rings. The number of hydrogen-bond acceptors (Lipinski definition) is 5. The monoisotopic (exact) mass is 314 g/mol. The maximum atomic E-state index is 13.0. The van der Waals surface area contributed by atoms with E-state index in [1.807, 2.05) is 13.8 Å². The normalized spacial score (nSPS) is 18.3.